The molecule has 1 heterocycles. The van der Waals surface area contributed by atoms with E-state index in [0.29, 0.717) is 5.69 Å². The third kappa shape index (κ3) is 2.94. The summed E-state index contributed by atoms with van der Waals surface area (Å²) in [6.45, 7) is 0. The van der Waals surface area contributed by atoms with Gasteiger partial charge in [0.05, 0.1) is 23.1 Å². The number of halogens is 3. The predicted octanol–water partition coefficient (Wildman–Crippen LogP) is 3.17. The van der Waals surface area contributed by atoms with E-state index in [4.69, 9.17) is 23.2 Å². The lowest BCUT2D eigenvalue weighted by Crippen LogP contribution is -2.12. The lowest BCUT2D eigenvalue weighted by atomic mass is 10.2. The number of amides is 1. The number of aromatic nitrogens is 2. The van der Waals surface area contributed by atoms with E-state index >= 15 is 0 Å². The summed E-state index contributed by atoms with van der Waals surface area (Å²) < 4.78 is 12.9. The number of hydrogen-bond donors (Lipinski definition) is 1. The van der Waals surface area contributed by atoms with Crippen molar-refractivity contribution in [2.24, 2.45) is 0 Å². The standard InChI is InChI=1S/C11H6Cl2FN3O/c12-8-3-6(1-2-9(8)14)10(18)17-7-4-15-11(13)16-5-7/h1-5H,(H,17,18). The average Bonchev–Trinajstić information content (AvgIpc) is 2.35. The summed E-state index contributed by atoms with van der Waals surface area (Å²) in [5.74, 6) is -1.02. The second-order valence-electron chi connectivity index (χ2n) is 3.32. The van der Waals surface area contributed by atoms with E-state index in [1.54, 1.807) is 0 Å². The van der Waals surface area contributed by atoms with Crippen molar-refractivity contribution in [3.63, 3.8) is 0 Å². The van der Waals surface area contributed by atoms with Gasteiger partial charge in [-0.3, -0.25) is 4.79 Å². The molecule has 1 aromatic carbocycles. The van der Waals surface area contributed by atoms with E-state index in [-0.39, 0.29) is 15.9 Å². The minimum Gasteiger partial charge on any atom is -0.319 e. The van der Waals surface area contributed by atoms with Crippen LogP contribution in [0, 0.1) is 5.82 Å². The predicted molar refractivity (Wildman–Crippen MR) is 66.4 cm³/mol. The molecule has 0 aliphatic rings. The molecule has 0 bridgehead atoms. The fourth-order valence-corrected chi connectivity index (χ4v) is 1.50. The maximum absolute atomic E-state index is 12.9. The highest BCUT2D eigenvalue weighted by atomic mass is 35.5. The van der Waals surface area contributed by atoms with Gasteiger partial charge in [-0.2, -0.15) is 0 Å². The maximum atomic E-state index is 12.9. The average molecular weight is 286 g/mol. The molecule has 92 valence electrons. The largest absolute Gasteiger partial charge is 0.319 e. The van der Waals surface area contributed by atoms with Crippen molar-refractivity contribution < 1.29 is 9.18 Å². The van der Waals surface area contributed by atoms with E-state index < -0.39 is 11.7 Å². The highest BCUT2D eigenvalue weighted by molar-refractivity contribution is 6.31. The Hall–Kier alpha value is -1.72. The number of carbonyl (C=O) groups is 1. The second kappa shape index (κ2) is 5.29. The number of anilines is 1. The third-order valence-electron chi connectivity index (χ3n) is 2.06. The van der Waals surface area contributed by atoms with Gasteiger partial charge in [-0.05, 0) is 29.8 Å². The first-order valence-corrected chi connectivity index (χ1v) is 5.56. The van der Waals surface area contributed by atoms with E-state index in [1.807, 2.05) is 0 Å². The number of rotatable bonds is 2. The summed E-state index contributed by atoms with van der Waals surface area (Å²) in [6, 6.07) is 3.69. The van der Waals surface area contributed by atoms with E-state index in [2.05, 4.69) is 15.3 Å². The molecule has 0 spiro atoms. The van der Waals surface area contributed by atoms with Gasteiger partial charge in [0, 0.05) is 5.56 Å². The molecular weight excluding hydrogens is 280 g/mol. The van der Waals surface area contributed by atoms with Gasteiger partial charge in [0.2, 0.25) is 5.28 Å². The summed E-state index contributed by atoms with van der Waals surface area (Å²) in [5.41, 5.74) is 0.612. The Morgan fingerprint density at radius 1 is 1.22 bits per heavy atom. The van der Waals surface area contributed by atoms with Crippen LogP contribution in [0.4, 0.5) is 10.1 Å². The Kier molecular flexibility index (Phi) is 3.74. The number of hydrogen-bond acceptors (Lipinski definition) is 3. The minimum atomic E-state index is -0.581. The van der Waals surface area contributed by atoms with Crippen molar-refractivity contribution >= 4 is 34.8 Å². The highest BCUT2D eigenvalue weighted by Gasteiger charge is 2.09. The molecule has 0 fully saturated rings. The van der Waals surface area contributed by atoms with Crippen molar-refractivity contribution in [3.05, 3.63) is 52.3 Å². The zero-order chi connectivity index (χ0) is 13.1. The number of nitrogens with one attached hydrogen (secondary N) is 1. The monoisotopic (exact) mass is 285 g/mol. The van der Waals surface area contributed by atoms with E-state index in [9.17, 15) is 9.18 Å². The molecule has 0 aliphatic heterocycles. The summed E-state index contributed by atoms with van der Waals surface area (Å²) in [5, 5.41) is 2.49. The molecule has 1 aromatic heterocycles. The van der Waals surface area contributed by atoms with Crippen molar-refractivity contribution in [2.75, 3.05) is 5.32 Å². The molecule has 0 saturated carbocycles. The van der Waals surface area contributed by atoms with Crippen LogP contribution >= 0.6 is 23.2 Å². The first kappa shape index (κ1) is 12.7. The lowest BCUT2D eigenvalue weighted by molar-refractivity contribution is 0.102. The Morgan fingerprint density at radius 3 is 2.50 bits per heavy atom. The van der Waals surface area contributed by atoms with Crippen molar-refractivity contribution in [1.29, 1.82) is 0 Å². The van der Waals surface area contributed by atoms with Crippen LogP contribution in [0.3, 0.4) is 0 Å². The van der Waals surface area contributed by atoms with Crippen LogP contribution in [0.1, 0.15) is 10.4 Å². The van der Waals surface area contributed by atoms with Crippen molar-refractivity contribution in [3.8, 4) is 0 Å². The summed E-state index contributed by atoms with van der Waals surface area (Å²) >= 11 is 11.1. The van der Waals surface area contributed by atoms with Gasteiger partial charge in [-0.1, -0.05) is 11.6 Å². The topological polar surface area (TPSA) is 54.9 Å². The normalized spacial score (nSPS) is 10.2. The molecule has 0 atom stereocenters. The van der Waals surface area contributed by atoms with Crippen molar-refractivity contribution in [2.45, 2.75) is 0 Å². The van der Waals surface area contributed by atoms with E-state index in [1.165, 1.54) is 24.5 Å². The second-order valence-corrected chi connectivity index (χ2v) is 4.07. The van der Waals surface area contributed by atoms with Crippen LogP contribution < -0.4 is 5.32 Å². The summed E-state index contributed by atoms with van der Waals surface area (Å²) in [6.07, 6.45) is 2.72. The SMILES string of the molecule is O=C(Nc1cnc(Cl)nc1)c1ccc(F)c(Cl)c1. The van der Waals surface area contributed by atoms with E-state index in [0.717, 1.165) is 6.07 Å². The van der Waals surface area contributed by atoms with Gasteiger partial charge in [-0.15, -0.1) is 0 Å². The number of benzene rings is 1. The van der Waals surface area contributed by atoms with Gasteiger partial charge >= 0.3 is 0 Å². The fourth-order valence-electron chi connectivity index (χ4n) is 1.22. The smallest absolute Gasteiger partial charge is 0.255 e. The Bertz CT molecular complexity index is 589. The van der Waals surface area contributed by atoms with Gasteiger partial charge in [0.15, 0.2) is 0 Å². The zero-order valence-corrected chi connectivity index (χ0v) is 10.3. The van der Waals surface area contributed by atoms with Crippen LogP contribution in [-0.4, -0.2) is 15.9 Å². The maximum Gasteiger partial charge on any atom is 0.255 e. The molecule has 0 unspecified atom stereocenters. The highest BCUT2D eigenvalue weighted by Crippen LogP contribution is 2.17. The summed E-state index contributed by atoms with van der Waals surface area (Å²) in [7, 11) is 0. The van der Waals surface area contributed by atoms with Crippen LogP contribution in [0.25, 0.3) is 0 Å². The first-order chi connectivity index (χ1) is 8.56. The lowest BCUT2D eigenvalue weighted by Gasteiger charge is -2.05. The summed E-state index contributed by atoms with van der Waals surface area (Å²) in [4.78, 5) is 19.2. The first-order valence-electron chi connectivity index (χ1n) is 4.80. The van der Waals surface area contributed by atoms with Gasteiger partial charge in [-0.25, -0.2) is 14.4 Å². The van der Waals surface area contributed by atoms with Crippen molar-refractivity contribution in [1.82, 2.24) is 9.97 Å². The quantitative estimate of drug-likeness (QED) is 0.863. The molecule has 0 aliphatic carbocycles. The minimum absolute atomic E-state index is 0.0813. The Morgan fingerprint density at radius 2 is 1.89 bits per heavy atom. The molecular formula is C11H6Cl2FN3O. The number of nitrogens with zero attached hydrogens (tertiary/aromatic N) is 2. The molecule has 0 saturated heterocycles. The van der Waals surface area contributed by atoms with Crippen LogP contribution in [0.5, 0.6) is 0 Å². The van der Waals surface area contributed by atoms with Crippen LogP contribution in [-0.2, 0) is 0 Å². The molecule has 2 rings (SSSR count). The third-order valence-corrected chi connectivity index (χ3v) is 2.54. The molecule has 2 aromatic rings. The Balaban J connectivity index is 2.16. The Labute approximate surface area is 112 Å². The molecule has 0 radical (unpaired) electrons. The van der Waals surface area contributed by atoms with Gasteiger partial charge < -0.3 is 5.32 Å². The number of carbonyl (C=O) groups excluding carboxylic acids is 1. The molecule has 1 N–H and O–H groups in total. The molecule has 18 heavy (non-hydrogen) atoms. The zero-order valence-electron chi connectivity index (χ0n) is 8.82. The van der Waals surface area contributed by atoms with Gasteiger partial charge in [0.25, 0.3) is 5.91 Å². The fraction of sp³-hybridized carbons (Fsp3) is 0. The molecule has 7 heteroatoms. The van der Waals surface area contributed by atoms with Crippen LogP contribution in [0.2, 0.25) is 10.3 Å². The van der Waals surface area contributed by atoms with Crippen LogP contribution in [0.15, 0.2) is 30.6 Å². The van der Waals surface area contributed by atoms with Gasteiger partial charge in [0.1, 0.15) is 5.82 Å². The molecule has 4 nitrogen and oxygen atoms in total. The molecule has 1 amide bonds.